The predicted molar refractivity (Wildman–Crippen MR) is 84.0 cm³/mol. The number of hydrogen-bond donors (Lipinski definition) is 1. The number of nitrogens with one attached hydrogen (secondary N) is 1. The van der Waals surface area contributed by atoms with Crippen LogP contribution in [0.1, 0.15) is 15.2 Å². The minimum absolute atomic E-state index is 0.0124. The smallest absolute Gasteiger partial charge is 0.269 e. The van der Waals surface area contributed by atoms with Gasteiger partial charge in [0.2, 0.25) is 0 Å². The van der Waals surface area contributed by atoms with E-state index in [0.29, 0.717) is 10.4 Å². The van der Waals surface area contributed by atoms with Gasteiger partial charge in [0.05, 0.1) is 13.6 Å². The molecule has 0 saturated heterocycles. The Morgan fingerprint density at radius 1 is 1.35 bits per heavy atom. The number of carbonyl (C=O) groups is 1. The van der Waals surface area contributed by atoms with Crippen molar-refractivity contribution in [1.29, 1.82) is 0 Å². The van der Waals surface area contributed by atoms with Crippen LogP contribution in [-0.4, -0.2) is 10.8 Å². The van der Waals surface area contributed by atoms with E-state index in [0.717, 1.165) is 8.26 Å². The van der Waals surface area contributed by atoms with Crippen LogP contribution in [0.25, 0.3) is 0 Å². The SMILES string of the molecule is O=C(NCc1cccc([N+](=O)[O-])c1)c1cc(Br)c(Br)s1. The van der Waals surface area contributed by atoms with Gasteiger partial charge in [-0.05, 0) is 43.5 Å². The van der Waals surface area contributed by atoms with Crippen LogP contribution < -0.4 is 5.32 Å². The Kier molecular flexibility index (Phi) is 4.90. The van der Waals surface area contributed by atoms with E-state index < -0.39 is 4.92 Å². The van der Waals surface area contributed by atoms with Gasteiger partial charge in [0.15, 0.2) is 0 Å². The summed E-state index contributed by atoms with van der Waals surface area (Å²) >= 11 is 7.95. The fourth-order valence-electron chi connectivity index (χ4n) is 1.51. The first-order valence-electron chi connectivity index (χ1n) is 5.43. The fourth-order valence-corrected chi connectivity index (χ4v) is 3.46. The first kappa shape index (κ1) is 15.1. The molecule has 0 saturated carbocycles. The van der Waals surface area contributed by atoms with E-state index in [4.69, 9.17) is 0 Å². The van der Waals surface area contributed by atoms with Crippen molar-refractivity contribution in [2.24, 2.45) is 0 Å². The molecule has 1 amide bonds. The quantitative estimate of drug-likeness (QED) is 0.598. The molecule has 0 aliphatic heterocycles. The second kappa shape index (κ2) is 6.47. The minimum atomic E-state index is -0.460. The van der Waals surface area contributed by atoms with E-state index in [1.54, 1.807) is 18.2 Å². The molecule has 0 spiro atoms. The molecule has 1 heterocycles. The number of hydrogen-bond acceptors (Lipinski definition) is 4. The Morgan fingerprint density at radius 2 is 2.10 bits per heavy atom. The summed E-state index contributed by atoms with van der Waals surface area (Å²) in [5.74, 6) is -0.215. The van der Waals surface area contributed by atoms with Gasteiger partial charge >= 0.3 is 0 Å². The third-order valence-electron chi connectivity index (χ3n) is 2.44. The lowest BCUT2D eigenvalue weighted by Crippen LogP contribution is -2.21. The van der Waals surface area contributed by atoms with Crippen LogP contribution in [0.2, 0.25) is 0 Å². The highest BCUT2D eigenvalue weighted by molar-refractivity contribution is 9.13. The molecular weight excluding hydrogens is 412 g/mol. The molecule has 8 heteroatoms. The number of thiophene rings is 1. The maximum absolute atomic E-state index is 11.9. The van der Waals surface area contributed by atoms with Gasteiger partial charge in [-0.2, -0.15) is 0 Å². The Labute approximate surface area is 135 Å². The molecule has 0 radical (unpaired) electrons. The second-order valence-electron chi connectivity index (χ2n) is 3.84. The first-order valence-corrected chi connectivity index (χ1v) is 7.84. The van der Waals surface area contributed by atoms with Crippen LogP contribution >= 0.6 is 43.2 Å². The average Bonchev–Trinajstić information content (AvgIpc) is 2.76. The molecule has 0 bridgehead atoms. The monoisotopic (exact) mass is 418 g/mol. The van der Waals surface area contributed by atoms with E-state index in [-0.39, 0.29) is 18.1 Å². The number of carbonyl (C=O) groups excluding carboxylic acids is 1. The number of amides is 1. The molecule has 2 aromatic rings. The summed E-state index contributed by atoms with van der Waals surface area (Å²) in [6.45, 7) is 0.244. The summed E-state index contributed by atoms with van der Waals surface area (Å²) < 4.78 is 1.67. The summed E-state index contributed by atoms with van der Waals surface area (Å²) in [4.78, 5) is 22.7. The molecule has 0 fully saturated rings. The van der Waals surface area contributed by atoms with Gasteiger partial charge in [-0.1, -0.05) is 12.1 Å². The number of nitro groups is 1. The van der Waals surface area contributed by atoms with Gasteiger partial charge in [0.25, 0.3) is 11.6 Å². The number of benzene rings is 1. The normalized spacial score (nSPS) is 10.3. The van der Waals surface area contributed by atoms with Gasteiger partial charge in [0, 0.05) is 23.2 Å². The summed E-state index contributed by atoms with van der Waals surface area (Å²) in [6, 6.07) is 7.91. The molecule has 0 atom stereocenters. The van der Waals surface area contributed by atoms with Crippen LogP contribution in [0.4, 0.5) is 5.69 Å². The standard InChI is InChI=1S/C12H8Br2N2O3S/c13-9-5-10(20-11(9)14)12(17)15-6-7-2-1-3-8(4-7)16(18)19/h1-5H,6H2,(H,15,17). The van der Waals surface area contributed by atoms with E-state index in [1.807, 2.05) is 0 Å². The maximum atomic E-state index is 11.9. The fraction of sp³-hybridized carbons (Fsp3) is 0.0833. The minimum Gasteiger partial charge on any atom is -0.347 e. The van der Waals surface area contributed by atoms with E-state index in [1.165, 1.54) is 23.5 Å². The van der Waals surface area contributed by atoms with Crippen molar-refractivity contribution in [2.75, 3.05) is 0 Å². The van der Waals surface area contributed by atoms with Crippen molar-refractivity contribution in [1.82, 2.24) is 5.32 Å². The van der Waals surface area contributed by atoms with Crippen molar-refractivity contribution in [3.63, 3.8) is 0 Å². The lowest BCUT2D eigenvalue weighted by Gasteiger charge is -2.03. The molecular formula is C12H8Br2N2O3S. The van der Waals surface area contributed by atoms with Crippen molar-refractivity contribution in [3.8, 4) is 0 Å². The van der Waals surface area contributed by atoms with Crippen LogP contribution in [0.15, 0.2) is 38.6 Å². The van der Waals surface area contributed by atoms with Crippen molar-refractivity contribution < 1.29 is 9.72 Å². The molecule has 5 nitrogen and oxygen atoms in total. The van der Waals surface area contributed by atoms with Crippen LogP contribution in [0, 0.1) is 10.1 Å². The Bertz CT molecular complexity index is 653. The molecule has 1 aromatic heterocycles. The highest BCUT2D eigenvalue weighted by atomic mass is 79.9. The van der Waals surface area contributed by atoms with Crippen LogP contribution in [0.3, 0.4) is 0 Å². The summed E-state index contributed by atoms with van der Waals surface area (Å²) in [5, 5.41) is 13.4. The van der Waals surface area contributed by atoms with Gasteiger partial charge in [-0.15, -0.1) is 11.3 Å². The molecule has 104 valence electrons. The lowest BCUT2D eigenvalue weighted by molar-refractivity contribution is -0.384. The number of nitrogens with zero attached hydrogens (tertiary/aromatic N) is 1. The predicted octanol–water partition coefficient (Wildman–Crippen LogP) is 4.11. The summed E-state index contributed by atoms with van der Waals surface area (Å²) in [6.07, 6.45) is 0. The van der Waals surface area contributed by atoms with Crippen molar-refractivity contribution in [3.05, 3.63) is 59.1 Å². The second-order valence-corrected chi connectivity index (χ2v) is 7.07. The molecule has 0 aliphatic rings. The Balaban J connectivity index is 2.03. The topological polar surface area (TPSA) is 72.2 Å². The summed E-state index contributed by atoms with van der Waals surface area (Å²) in [5.41, 5.74) is 0.695. The zero-order valence-corrected chi connectivity index (χ0v) is 13.9. The van der Waals surface area contributed by atoms with Gasteiger partial charge in [-0.3, -0.25) is 14.9 Å². The van der Waals surface area contributed by atoms with E-state index in [9.17, 15) is 14.9 Å². The highest BCUT2D eigenvalue weighted by Gasteiger charge is 2.12. The largest absolute Gasteiger partial charge is 0.347 e. The zero-order chi connectivity index (χ0) is 14.7. The van der Waals surface area contributed by atoms with Crippen molar-refractivity contribution >= 4 is 54.8 Å². The summed E-state index contributed by atoms with van der Waals surface area (Å²) in [7, 11) is 0. The number of non-ortho nitro benzene ring substituents is 1. The van der Waals surface area contributed by atoms with Gasteiger partial charge in [-0.25, -0.2) is 0 Å². The van der Waals surface area contributed by atoms with Crippen LogP contribution in [-0.2, 0) is 6.54 Å². The molecule has 1 N–H and O–H groups in total. The number of halogens is 2. The average molecular weight is 420 g/mol. The van der Waals surface area contributed by atoms with Crippen molar-refractivity contribution in [2.45, 2.75) is 6.54 Å². The van der Waals surface area contributed by atoms with E-state index in [2.05, 4.69) is 37.2 Å². The first-order chi connectivity index (χ1) is 9.47. The highest BCUT2D eigenvalue weighted by Crippen LogP contribution is 2.32. The molecule has 20 heavy (non-hydrogen) atoms. The molecule has 0 aliphatic carbocycles. The van der Waals surface area contributed by atoms with Gasteiger partial charge < -0.3 is 5.32 Å². The van der Waals surface area contributed by atoms with E-state index >= 15 is 0 Å². The Hall–Kier alpha value is -1.25. The molecule has 1 aromatic carbocycles. The zero-order valence-electron chi connectivity index (χ0n) is 9.93. The Morgan fingerprint density at radius 3 is 2.70 bits per heavy atom. The third kappa shape index (κ3) is 3.65. The third-order valence-corrected chi connectivity index (χ3v) is 5.70. The lowest BCUT2D eigenvalue weighted by atomic mass is 10.2. The van der Waals surface area contributed by atoms with Gasteiger partial charge in [0.1, 0.15) is 0 Å². The number of nitro benzene ring substituents is 1. The maximum Gasteiger partial charge on any atom is 0.269 e. The van der Waals surface area contributed by atoms with Crippen LogP contribution in [0.5, 0.6) is 0 Å². The molecule has 2 rings (SSSR count). The number of rotatable bonds is 4. The molecule has 0 unspecified atom stereocenters.